The van der Waals surface area contributed by atoms with Crippen LogP contribution in [0.5, 0.6) is 0 Å². The first-order valence-electron chi connectivity index (χ1n) is 2.89. The number of hydrogen-bond acceptors (Lipinski definition) is 1. The van der Waals surface area contributed by atoms with E-state index in [0.717, 1.165) is 0 Å². The Hall–Kier alpha value is -1.03. The Bertz CT molecular complexity index is 303. The SMILES string of the molecule is C=Cn1c(Br)ccc1C(=O)O. The smallest absolute Gasteiger partial charge is 0.352 e. The minimum absolute atomic E-state index is 0.201. The van der Waals surface area contributed by atoms with Crippen LogP contribution in [0.4, 0.5) is 0 Å². The van der Waals surface area contributed by atoms with E-state index >= 15 is 0 Å². The summed E-state index contributed by atoms with van der Waals surface area (Å²) in [5.41, 5.74) is 0.201. The highest BCUT2D eigenvalue weighted by molar-refractivity contribution is 9.10. The van der Waals surface area contributed by atoms with E-state index in [9.17, 15) is 4.79 Å². The maximum atomic E-state index is 10.5. The Kier molecular flexibility index (Phi) is 2.14. The Morgan fingerprint density at radius 1 is 1.73 bits per heavy atom. The van der Waals surface area contributed by atoms with Gasteiger partial charge in [-0.3, -0.25) is 0 Å². The molecule has 0 saturated carbocycles. The van der Waals surface area contributed by atoms with Crippen LogP contribution < -0.4 is 0 Å². The zero-order valence-electron chi connectivity index (χ0n) is 5.62. The van der Waals surface area contributed by atoms with E-state index in [4.69, 9.17) is 5.11 Å². The van der Waals surface area contributed by atoms with Gasteiger partial charge in [-0.15, -0.1) is 0 Å². The van der Waals surface area contributed by atoms with Crippen LogP contribution in [0.1, 0.15) is 10.5 Å². The largest absolute Gasteiger partial charge is 0.477 e. The van der Waals surface area contributed by atoms with Crippen molar-refractivity contribution in [3.05, 3.63) is 29.0 Å². The van der Waals surface area contributed by atoms with Gasteiger partial charge in [0.2, 0.25) is 0 Å². The second kappa shape index (κ2) is 2.92. The summed E-state index contributed by atoms with van der Waals surface area (Å²) in [7, 11) is 0. The molecule has 1 aromatic rings. The summed E-state index contributed by atoms with van der Waals surface area (Å²) in [4.78, 5) is 10.5. The average Bonchev–Trinajstić information content (AvgIpc) is 2.30. The van der Waals surface area contributed by atoms with Gasteiger partial charge >= 0.3 is 5.97 Å². The van der Waals surface area contributed by atoms with Crippen LogP contribution in [0.2, 0.25) is 0 Å². The first-order valence-corrected chi connectivity index (χ1v) is 3.68. The van der Waals surface area contributed by atoms with E-state index in [1.807, 2.05) is 0 Å². The number of rotatable bonds is 2. The topological polar surface area (TPSA) is 42.2 Å². The van der Waals surface area contributed by atoms with Gasteiger partial charge in [-0.05, 0) is 28.1 Å². The maximum Gasteiger partial charge on any atom is 0.352 e. The van der Waals surface area contributed by atoms with Crippen molar-refractivity contribution in [3.8, 4) is 0 Å². The molecule has 58 valence electrons. The number of carboxylic acids is 1. The first kappa shape index (κ1) is 8.07. The molecule has 0 atom stereocenters. The van der Waals surface area contributed by atoms with Crippen LogP contribution in [0.15, 0.2) is 23.3 Å². The highest BCUT2D eigenvalue weighted by Crippen LogP contribution is 2.15. The maximum absolute atomic E-state index is 10.5. The molecule has 11 heavy (non-hydrogen) atoms. The third-order valence-corrected chi connectivity index (χ3v) is 1.92. The number of carbonyl (C=O) groups is 1. The van der Waals surface area contributed by atoms with E-state index in [1.165, 1.54) is 16.8 Å². The summed E-state index contributed by atoms with van der Waals surface area (Å²) in [5, 5.41) is 8.62. The van der Waals surface area contributed by atoms with Crippen LogP contribution in [-0.2, 0) is 0 Å². The van der Waals surface area contributed by atoms with E-state index in [-0.39, 0.29) is 5.69 Å². The van der Waals surface area contributed by atoms with Gasteiger partial charge in [0, 0.05) is 6.20 Å². The van der Waals surface area contributed by atoms with Gasteiger partial charge in [0.05, 0.1) is 4.60 Å². The third-order valence-electron chi connectivity index (χ3n) is 1.27. The van der Waals surface area contributed by atoms with Gasteiger partial charge in [-0.25, -0.2) is 4.79 Å². The molecule has 1 heterocycles. The molecular formula is C7H6BrNO2. The van der Waals surface area contributed by atoms with Crippen LogP contribution in [0, 0.1) is 0 Å². The Labute approximate surface area is 72.1 Å². The number of aromatic carboxylic acids is 1. The van der Waals surface area contributed by atoms with Crippen LogP contribution in [0.3, 0.4) is 0 Å². The number of carboxylic acid groups (broad SMARTS) is 1. The molecule has 4 heteroatoms. The summed E-state index contributed by atoms with van der Waals surface area (Å²) in [6.07, 6.45) is 1.44. The molecule has 0 amide bonds. The predicted octanol–water partition coefficient (Wildman–Crippen LogP) is 2.05. The Morgan fingerprint density at radius 3 is 2.73 bits per heavy atom. The fourth-order valence-electron chi connectivity index (χ4n) is 0.783. The summed E-state index contributed by atoms with van der Waals surface area (Å²) in [6, 6.07) is 3.17. The standard InChI is InChI=1S/C7H6BrNO2/c1-2-9-5(7(10)11)3-4-6(9)8/h2-4H,1H2,(H,10,11). The second-order valence-electron chi connectivity index (χ2n) is 1.90. The van der Waals surface area contributed by atoms with E-state index < -0.39 is 5.97 Å². The van der Waals surface area contributed by atoms with Crippen molar-refractivity contribution >= 4 is 28.1 Å². The zero-order chi connectivity index (χ0) is 8.43. The molecule has 0 aliphatic rings. The van der Waals surface area contributed by atoms with Crippen molar-refractivity contribution < 1.29 is 9.90 Å². The molecule has 0 aliphatic heterocycles. The van der Waals surface area contributed by atoms with Crippen molar-refractivity contribution in [1.29, 1.82) is 0 Å². The van der Waals surface area contributed by atoms with Crippen LogP contribution >= 0.6 is 15.9 Å². The van der Waals surface area contributed by atoms with Gasteiger partial charge in [-0.2, -0.15) is 0 Å². The molecule has 0 bridgehead atoms. The minimum Gasteiger partial charge on any atom is -0.477 e. The summed E-state index contributed by atoms with van der Waals surface area (Å²) < 4.78 is 2.13. The summed E-state index contributed by atoms with van der Waals surface area (Å²) in [5.74, 6) is -0.962. The lowest BCUT2D eigenvalue weighted by Crippen LogP contribution is -2.02. The van der Waals surface area contributed by atoms with E-state index in [1.54, 1.807) is 6.07 Å². The van der Waals surface area contributed by atoms with Crippen molar-refractivity contribution in [2.24, 2.45) is 0 Å². The third kappa shape index (κ3) is 1.35. The molecule has 1 N–H and O–H groups in total. The molecule has 0 unspecified atom stereocenters. The van der Waals surface area contributed by atoms with Crippen molar-refractivity contribution in [1.82, 2.24) is 4.57 Å². The highest BCUT2D eigenvalue weighted by Gasteiger charge is 2.09. The quantitative estimate of drug-likeness (QED) is 0.821. The lowest BCUT2D eigenvalue weighted by Gasteiger charge is -1.98. The number of hydrogen-bond donors (Lipinski definition) is 1. The number of halogens is 1. The first-order chi connectivity index (χ1) is 5.16. The molecule has 0 fully saturated rings. The highest BCUT2D eigenvalue weighted by atomic mass is 79.9. The number of nitrogens with zero attached hydrogens (tertiary/aromatic N) is 1. The van der Waals surface area contributed by atoms with E-state index in [2.05, 4.69) is 22.5 Å². The monoisotopic (exact) mass is 215 g/mol. The zero-order valence-corrected chi connectivity index (χ0v) is 7.21. The van der Waals surface area contributed by atoms with Crippen LogP contribution in [-0.4, -0.2) is 15.6 Å². The van der Waals surface area contributed by atoms with Gasteiger partial charge in [0.15, 0.2) is 0 Å². The van der Waals surface area contributed by atoms with Gasteiger partial charge in [-0.1, -0.05) is 6.58 Å². The Balaban J connectivity index is 3.26. The molecule has 0 saturated heterocycles. The van der Waals surface area contributed by atoms with Gasteiger partial charge in [0.25, 0.3) is 0 Å². The molecule has 0 radical (unpaired) electrons. The number of aromatic nitrogens is 1. The molecule has 0 spiro atoms. The summed E-state index contributed by atoms with van der Waals surface area (Å²) in [6.45, 7) is 3.48. The molecule has 0 aliphatic carbocycles. The van der Waals surface area contributed by atoms with Gasteiger partial charge < -0.3 is 9.67 Å². The van der Waals surface area contributed by atoms with Crippen molar-refractivity contribution in [3.63, 3.8) is 0 Å². The molecular weight excluding hydrogens is 210 g/mol. The fourth-order valence-corrected chi connectivity index (χ4v) is 1.25. The lowest BCUT2D eigenvalue weighted by molar-refractivity contribution is 0.0688. The predicted molar refractivity (Wildman–Crippen MR) is 45.5 cm³/mol. The van der Waals surface area contributed by atoms with Crippen LogP contribution in [0.25, 0.3) is 6.20 Å². The molecule has 0 aromatic carbocycles. The van der Waals surface area contributed by atoms with Crippen molar-refractivity contribution in [2.75, 3.05) is 0 Å². The molecule has 1 aromatic heterocycles. The fraction of sp³-hybridized carbons (Fsp3) is 0. The average molecular weight is 216 g/mol. The molecule has 1 rings (SSSR count). The normalized spacial score (nSPS) is 9.55. The Morgan fingerprint density at radius 2 is 2.36 bits per heavy atom. The summed E-state index contributed by atoms with van der Waals surface area (Å²) >= 11 is 3.17. The van der Waals surface area contributed by atoms with Gasteiger partial charge in [0.1, 0.15) is 5.69 Å². The van der Waals surface area contributed by atoms with E-state index in [0.29, 0.717) is 4.60 Å². The lowest BCUT2D eigenvalue weighted by atomic mass is 10.4. The van der Waals surface area contributed by atoms with Crippen molar-refractivity contribution in [2.45, 2.75) is 0 Å². The second-order valence-corrected chi connectivity index (χ2v) is 2.71. The minimum atomic E-state index is -0.962. The molecule has 3 nitrogen and oxygen atoms in total.